The first-order valence-corrected chi connectivity index (χ1v) is 13.6. The zero-order valence-electron chi connectivity index (χ0n) is 23.1. The van der Waals surface area contributed by atoms with E-state index in [-0.39, 0.29) is 31.1 Å². The Kier molecular flexibility index (Phi) is 9.48. The van der Waals surface area contributed by atoms with E-state index < -0.39 is 35.7 Å². The normalized spacial score (nSPS) is 14.3. The van der Waals surface area contributed by atoms with Crippen LogP contribution in [0.5, 0.6) is 0 Å². The Morgan fingerprint density at radius 2 is 1.38 bits per heavy atom. The van der Waals surface area contributed by atoms with E-state index in [1.54, 1.807) is 13.8 Å². The first-order valence-electron chi connectivity index (χ1n) is 13.6. The molecule has 0 aliphatic heterocycles. The number of esters is 2. The SMILES string of the molecule is COC(=O)[C@@H](CC(=O)[C@H](C)NC(=O)[C@H](C)CC(=O)OCC1c2ccccc2-c2ccccc21)Cc1ccccc1. The van der Waals surface area contributed by atoms with Crippen LogP contribution >= 0.6 is 0 Å². The third kappa shape index (κ3) is 6.84. The number of nitrogens with one attached hydrogen (secondary N) is 1. The van der Waals surface area contributed by atoms with E-state index in [1.165, 1.54) is 7.11 Å². The van der Waals surface area contributed by atoms with Gasteiger partial charge in [0.05, 0.1) is 25.5 Å². The van der Waals surface area contributed by atoms with E-state index in [0.29, 0.717) is 6.42 Å². The van der Waals surface area contributed by atoms with Crippen molar-refractivity contribution in [3.8, 4) is 11.1 Å². The molecular formula is C33H35NO6. The van der Waals surface area contributed by atoms with Crippen LogP contribution in [-0.2, 0) is 35.1 Å². The average molecular weight is 542 g/mol. The van der Waals surface area contributed by atoms with Crippen molar-refractivity contribution in [1.82, 2.24) is 5.32 Å². The summed E-state index contributed by atoms with van der Waals surface area (Å²) in [7, 11) is 1.29. The maximum atomic E-state index is 12.9. The number of carbonyl (C=O) groups is 4. The van der Waals surface area contributed by atoms with Crippen LogP contribution < -0.4 is 5.32 Å². The molecule has 0 saturated carbocycles. The van der Waals surface area contributed by atoms with Crippen molar-refractivity contribution in [2.24, 2.45) is 11.8 Å². The fraction of sp³-hybridized carbons (Fsp3) is 0.333. The molecule has 0 saturated heterocycles. The molecule has 1 aliphatic rings. The molecule has 1 aliphatic carbocycles. The number of carbonyl (C=O) groups excluding carboxylic acids is 4. The van der Waals surface area contributed by atoms with Crippen molar-refractivity contribution in [3.63, 3.8) is 0 Å². The van der Waals surface area contributed by atoms with Crippen LogP contribution in [0.4, 0.5) is 0 Å². The van der Waals surface area contributed by atoms with Gasteiger partial charge in [-0.05, 0) is 41.2 Å². The summed E-state index contributed by atoms with van der Waals surface area (Å²) in [6.07, 6.45) is 0.184. The van der Waals surface area contributed by atoms with Crippen molar-refractivity contribution < 1.29 is 28.7 Å². The molecule has 1 amide bonds. The summed E-state index contributed by atoms with van der Waals surface area (Å²) in [6.45, 7) is 3.39. The third-order valence-corrected chi connectivity index (χ3v) is 7.44. The van der Waals surface area contributed by atoms with Crippen LogP contribution in [0.25, 0.3) is 11.1 Å². The highest BCUT2D eigenvalue weighted by atomic mass is 16.5. The number of methoxy groups -OCH3 is 1. The number of ketones is 1. The van der Waals surface area contributed by atoms with Crippen LogP contribution in [0.2, 0.25) is 0 Å². The Morgan fingerprint density at radius 3 is 1.98 bits per heavy atom. The number of ether oxygens (including phenoxy) is 2. The monoisotopic (exact) mass is 541 g/mol. The largest absolute Gasteiger partial charge is 0.469 e. The zero-order valence-corrected chi connectivity index (χ0v) is 23.1. The van der Waals surface area contributed by atoms with Gasteiger partial charge in [0, 0.05) is 18.3 Å². The summed E-state index contributed by atoms with van der Waals surface area (Å²) >= 11 is 0. The number of amides is 1. The molecule has 40 heavy (non-hydrogen) atoms. The smallest absolute Gasteiger partial charge is 0.309 e. The molecule has 208 valence electrons. The van der Waals surface area contributed by atoms with Gasteiger partial charge < -0.3 is 14.8 Å². The quantitative estimate of drug-likeness (QED) is 0.329. The molecule has 3 aromatic carbocycles. The Hall–Kier alpha value is -4.26. The van der Waals surface area contributed by atoms with Gasteiger partial charge in [0.15, 0.2) is 5.78 Å². The minimum Gasteiger partial charge on any atom is -0.469 e. The lowest BCUT2D eigenvalue weighted by atomic mass is 9.92. The second-order valence-electron chi connectivity index (χ2n) is 10.3. The van der Waals surface area contributed by atoms with E-state index in [0.717, 1.165) is 27.8 Å². The summed E-state index contributed by atoms with van der Waals surface area (Å²) < 4.78 is 10.5. The molecule has 0 spiro atoms. The van der Waals surface area contributed by atoms with E-state index in [2.05, 4.69) is 17.4 Å². The Bertz CT molecular complexity index is 1320. The average Bonchev–Trinajstić information content (AvgIpc) is 3.29. The predicted molar refractivity (Wildman–Crippen MR) is 151 cm³/mol. The first-order chi connectivity index (χ1) is 19.3. The Balaban J connectivity index is 1.28. The highest BCUT2D eigenvalue weighted by Gasteiger charge is 2.30. The molecule has 0 unspecified atom stereocenters. The topological polar surface area (TPSA) is 98.8 Å². The summed E-state index contributed by atoms with van der Waals surface area (Å²) in [5.41, 5.74) is 5.44. The number of benzene rings is 3. The number of hydrogen-bond donors (Lipinski definition) is 1. The fourth-order valence-corrected chi connectivity index (χ4v) is 5.18. The van der Waals surface area contributed by atoms with Crippen molar-refractivity contribution in [3.05, 3.63) is 95.6 Å². The van der Waals surface area contributed by atoms with Gasteiger partial charge in [0.25, 0.3) is 0 Å². The van der Waals surface area contributed by atoms with Crippen molar-refractivity contribution >= 4 is 23.6 Å². The molecule has 7 heteroatoms. The molecule has 4 rings (SSSR count). The Morgan fingerprint density at radius 1 is 0.800 bits per heavy atom. The summed E-state index contributed by atoms with van der Waals surface area (Å²) in [4.78, 5) is 50.6. The molecule has 0 fully saturated rings. The fourth-order valence-electron chi connectivity index (χ4n) is 5.18. The van der Waals surface area contributed by atoms with E-state index in [4.69, 9.17) is 9.47 Å². The standard InChI is InChI=1S/C33H35NO6/c1-21(17-31(36)40-20-29-27-15-9-7-13-25(27)26-14-8-10-16-28(26)29)32(37)34-22(2)30(35)19-24(33(38)39-3)18-23-11-5-4-6-12-23/h4-16,21-22,24,29H,17-20H2,1-3H3,(H,34,37)/t21-,22+,24-/m1/s1. The summed E-state index contributed by atoms with van der Waals surface area (Å²) in [5, 5.41) is 2.69. The summed E-state index contributed by atoms with van der Waals surface area (Å²) in [5.74, 6) is -3.06. The maximum Gasteiger partial charge on any atom is 0.309 e. The number of rotatable bonds is 12. The van der Waals surface area contributed by atoms with Crippen LogP contribution in [0.1, 0.15) is 49.3 Å². The molecule has 3 atom stereocenters. The lowest BCUT2D eigenvalue weighted by Crippen LogP contribution is -2.42. The van der Waals surface area contributed by atoms with Crippen molar-refractivity contribution in [2.75, 3.05) is 13.7 Å². The van der Waals surface area contributed by atoms with E-state index in [9.17, 15) is 19.2 Å². The summed E-state index contributed by atoms with van der Waals surface area (Å²) in [6, 6.07) is 24.7. The second kappa shape index (κ2) is 13.2. The zero-order chi connectivity index (χ0) is 28.6. The molecule has 1 N–H and O–H groups in total. The molecule has 7 nitrogen and oxygen atoms in total. The number of hydrogen-bond acceptors (Lipinski definition) is 6. The second-order valence-corrected chi connectivity index (χ2v) is 10.3. The van der Waals surface area contributed by atoms with Gasteiger partial charge >= 0.3 is 11.9 Å². The molecule has 0 radical (unpaired) electrons. The maximum absolute atomic E-state index is 12.9. The minimum absolute atomic E-state index is 0.0585. The molecular weight excluding hydrogens is 506 g/mol. The Labute approximate surface area is 234 Å². The van der Waals surface area contributed by atoms with E-state index >= 15 is 0 Å². The molecule has 3 aromatic rings. The minimum atomic E-state index is -0.819. The van der Waals surface area contributed by atoms with Crippen LogP contribution in [0, 0.1) is 11.8 Å². The van der Waals surface area contributed by atoms with Crippen LogP contribution in [0.3, 0.4) is 0 Å². The lowest BCUT2D eigenvalue weighted by Gasteiger charge is -2.20. The van der Waals surface area contributed by atoms with Crippen molar-refractivity contribution in [1.29, 1.82) is 0 Å². The van der Waals surface area contributed by atoms with Gasteiger partial charge in [0.1, 0.15) is 6.61 Å². The lowest BCUT2D eigenvalue weighted by molar-refractivity contribution is -0.148. The van der Waals surface area contributed by atoms with E-state index in [1.807, 2.05) is 66.7 Å². The van der Waals surface area contributed by atoms with Gasteiger partial charge in [-0.3, -0.25) is 19.2 Å². The van der Waals surface area contributed by atoms with Crippen molar-refractivity contribution in [2.45, 2.75) is 45.1 Å². The predicted octanol–water partition coefficient (Wildman–Crippen LogP) is 4.86. The van der Waals surface area contributed by atoms with Crippen LogP contribution in [-0.4, -0.2) is 43.4 Å². The van der Waals surface area contributed by atoms with Gasteiger partial charge in [-0.1, -0.05) is 85.8 Å². The number of fused-ring (bicyclic) bond motifs is 3. The van der Waals surface area contributed by atoms with Gasteiger partial charge in [-0.15, -0.1) is 0 Å². The van der Waals surface area contributed by atoms with Crippen LogP contribution in [0.15, 0.2) is 78.9 Å². The van der Waals surface area contributed by atoms with Gasteiger partial charge in [0.2, 0.25) is 5.91 Å². The third-order valence-electron chi connectivity index (χ3n) is 7.44. The number of Topliss-reactive ketones (excluding diaryl/α,β-unsaturated/α-hetero) is 1. The van der Waals surface area contributed by atoms with Gasteiger partial charge in [-0.25, -0.2) is 0 Å². The molecule has 0 bridgehead atoms. The molecule has 0 aromatic heterocycles. The highest BCUT2D eigenvalue weighted by Crippen LogP contribution is 2.44. The van der Waals surface area contributed by atoms with Gasteiger partial charge in [-0.2, -0.15) is 0 Å². The first kappa shape index (κ1) is 28.7. The molecule has 0 heterocycles. The highest BCUT2D eigenvalue weighted by molar-refractivity contribution is 5.92.